The molecule has 5 fully saturated rings. The molecule has 1 aromatic heterocycles. The van der Waals surface area contributed by atoms with Crippen LogP contribution >= 0.6 is 0 Å². The number of benzene rings is 1. The first kappa shape index (κ1) is 33.6. The van der Waals surface area contributed by atoms with Gasteiger partial charge < -0.3 is 24.8 Å². The Bertz CT molecular complexity index is 1450. The Kier molecular flexibility index (Phi) is 9.00. The minimum atomic E-state index is -1.11. The lowest BCUT2D eigenvalue weighted by Gasteiger charge is -2.57. The van der Waals surface area contributed by atoms with Crippen molar-refractivity contribution >= 4 is 17.9 Å². The molecule has 0 radical (unpaired) electrons. The van der Waals surface area contributed by atoms with Crippen LogP contribution in [0.1, 0.15) is 95.9 Å². The highest BCUT2D eigenvalue weighted by atomic mass is 16.6. The van der Waals surface area contributed by atoms with Crippen LogP contribution in [-0.4, -0.2) is 66.4 Å². The molecule has 47 heavy (non-hydrogen) atoms. The van der Waals surface area contributed by atoms with E-state index in [2.05, 4.69) is 49.3 Å². The first-order valence-corrected chi connectivity index (χ1v) is 17.5. The number of anilines is 1. The molecule has 1 aliphatic heterocycles. The van der Waals surface area contributed by atoms with Gasteiger partial charge in [-0.05, 0) is 98.7 Å². The lowest BCUT2D eigenvalue weighted by molar-refractivity contribution is -0.144. The molecule has 9 heteroatoms. The van der Waals surface area contributed by atoms with Crippen LogP contribution in [0.2, 0.25) is 0 Å². The molecular weight excluding hydrogens is 592 g/mol. The maximum Gasteiger partial charge on any atom is 0.411 e. The summed E-state index contributed by atoms with van der Waals surface area (Å²) in [5, 5.41) is 14.6. The van der Waals surface area contributed by atoms with E-state index in [0.717, 1.165) is 34.6 Å². The number of rotatable bonds is 9. The zero-order valence-corrected chi connectivity index (χ0v) is 29.5. The molecule has 256 valence electrons. The monoisotopic (exact) mass is 646 g/mol. The Hall–Kier alpha value is -3.33. The van der Waals surface area contributed by atoms with E-state index in [-0.39, 0.29) is 5.41 Å². The molecule has 2 aromatic rings. The number of aromatic nitrogens is 1. The van der Waals surface area contributed by atoms with Crippen molar-refractivity contribution < 1.29 is 24.2 Å². The van der Waals surface area contributed by atoms with Gasteiger partial charge in [0.1, 0.15) is 17.6 Å². The van der Waals surface area contributed by atoms with Crippen molar-refractivity contribution in [1.29, 1.82) is 0 Å². The van der Waals surface area contributed by atoms with E-state index in [1.165, 1.54) is 49.0 Å². The van der Waals surface area contributed by atoms with Gasteiger partial charge in [-0.2, -0.15) is 0 Å². The molecule has 2 heterocycles. The molecule has 1 aromatic carbocycles. The number of carbonyl (C=O) groups excluding carboxylic acids is 1. The van der Waals surface area contributed by atoms with Gasteiger partial charge in [0.05, 0.1) is 19.3 Å². The Morgan fingerprint density at radius 2 is 1.72 bits per heavy atom. The summed E-state index contributed by atoms with van der Waals surface area (Å²) >= 11 is 0. The molecule has 4 saturated carbocycles. The number of amides is 1. The van der Waals surface area contributed by atoms with E-state index in [0.29, 0.717) is 12.4 Å². The number of likely N-dealkylation sites (tertiary alicyclic amines) is 1. The number of hydrogen-bond acceptors (Lipinski definition) is 7. The zero-order chi connectivity index (χ0) is 33.8. The predicted octanol–water partition coefficient (Wildman–Crippen LogP) is 6.80. The minimum absolute atomic E-state index is 0.238. The molecule has 7 rings (SSSR count). The van der Waals surface area contributed by atoms with Crippen molar-refractivity contribution in [3.05, 3.63) is 53.2 Å². The van der Waals surface area contributed by atoms with Crippen molar-refractivity contribution in [3.8, 4) is 5.75 Å². The molecule has 0 spiro atoms. The number of carboxylic acid groups (broad SMARTS) is 1. The Balaban J connectivity index is 1.42. The number of pyridine rings is 1. The van der Waals surface area contributed by atoms with E-state index < -0.39 is 47.6 Å². The fraction of sp³-hybridized carbons (Fsp3) is 0.658. The van der Waals surface area contributed by atoms with E-state index in [4.69, 9.17) is 9.47 Å². The van der Waals surface area contributed by atoms with Crippen molar-refractivity contribution in [3.63, 3.8) is 0 Å². The minimum Gasteiger partial charge on any atom is -0.496 e. The number of carboxylic acids is 1. The van der Waals surface area contributed by atoms with Gasteiger partial charge in [-0.25, -0.2) is 14.6 Å². The van der Waals surface area contributed by atoms with Gasteiger partial charge in [-0.1, -0.05) is 39.0 Å². The smallest absolute Gasteiger partial charge is 0.411 e. The van der Waals surface area contributed by atoms with Gasteiger partial charge >= 0.3 is 12.1 Å². The summed E-state index contributed by atoms with van der Waals surface area (Å²) in [5.41, 5.74) is 3.01. The third kappa shape index (κ3) is 6.20. The third-order valence-electron chi connectivity index (χ3n) is 11.5. The SMILES string of the molecule is COc1ccc(C23CC4CC(CC(C4)C2)C3)cc1CNC1C(c2cccnc2N(C)C)N(C(=O)OC(C)C)C(C(=O)O)C1C(C)(C)C. The molecule has 9 nitrogen and oxygen atoms in total. The molecule has 1 amide bonds. The molecule has 4 unspecified atom stereocenters. The Labute approximate surface area is 280 Å². The van der Waals surface area contributed by atoms with Gasteiger partial charge in [-0.15, -0.1) is 0 Å². The van der Waals surface area contributed by atoms with E-state index in [1.54, 1.807) is 27.2 Å². The molecule has 2 N–H and O–H groups in total. The fourth-order valence-electron chi connectivity index (χ4n) is 10.2. The number of hydrogen-bond donors (Lipinski definition) is 2. The summed E-state index contributed by atoms with van der Waals surface area (Å²) in [4.78, 5) is 35.2. The first-order valence-electron chi connectivity index (χ1n) is 17.5. The van der Waals surface area contributed by atoms with Crippen molar-refractivity contribution in [2.24, 2.45) is 29.1 Å². The summed E-state index contributed by atoms with van der Waals surface area (Å²) in [5.74, 6) is 2.53. The van der Waals surface area contributed by atoms with Crippen LogP contribution in [0.15, 0.2) is 36.5 Å². The van der Waals surface area contributed by atoms with Crippen LogP contribution in [0.3, 0.4) is 0 Å². The predicted molar refractivity (Wildman–Crippen MR) is 183 cm³/mol. The normalized spacial score (nSPS) is 31.3. The van der Waals surface area contributed by atoms with Crippen LogP contribution in [0, 0.1) is 29.1 Å². The number of carbonyl (C=O) groups is 2. The number of nitrogens with one attached hydrogen (secondary N) is 1. The first-order chi connectivity index (χ1) is 22.2. The topological polar surface area (TPSA) is 104 Å². The van der Waals surface area contributed by atoms with Gasteiger partial charge in [0, 0.05) is 49.9 Å². The van der Waals surface area contributed by atoms with Crippen molar-refractivity contribution in [2.45, 2.75) is 109 Å². The van der Waals surface area contributed by atoms with Crippen LogP contribution in [0.25, 0.3) is 0 Å². The number of ether oxygens (including phenoxy) is 2. The number of methoxy groups -OCH3 is 1. The highest BCUT2D eigenvalue weighted by Gasteiger charge is 2.59. The Morgan fingerprint density at radius 3 is 2.26 bits per heavy atom. The van der Waals surface area contributed by atoms with Crippen molar-refractivity contribution in [2.75, 3.05) is 26.1 Å². The largest absolute Gasteiger partial charge is 0.496 e. The zero-order valence-electron chi connectivity index (χ0n) is 29.5. The standard InChI is InChI=1S/C38H54N4O5/c1-22(2)47-36(45)42-32(28-10-9-13-39-34(28)41(6)7)31(30(37(3,4)5)33(42)35(43)44)40-21-26-17-27(11-12-29(26)46-8)38-18-23-14-24(19-38)16-25(15-23)20-38/h9-13,17,22-25,30-33,40H,14-16,18-21H2,1-8H3,(H,43,44). The average molecular weight is 647 g/mol. The van der Waals surface area contributed by atoms with Gasteiger partial charge in [0.25, 0.3) is 0 Å². The maximum absolute atomic E-state index is 13.9. The van der Waals surface area contributed by atoms with Crippen LogP contribution in [0.4, 0.5) is 10.6 Å². The second-order valence-corrected chi connectivity index (χ2v) is 16.4. The molecule has 5 aliphatic rings. The summed E-state index contributed by atoms with van der Waals surface area (Å²) in [7, 11) is 5.54. The average Bonchev–Trinajstić information content (AvgIpc) is 3.35. The highest BCUT2D eigenvalue weighted by molar-refractivity contribution is 5.82. The second-order valence-electron chi connectivity index (χ2n) is 16.4. The second kappa shape index (κ2) is 12.6. The lowest BCUT2D eigenvalue weighted by Crippen LogP contribution is -2.48. The van der Waals surface area contributed by atoms with Crippen LogP contribution in [0.5, 0.6) is 5.75 Å². The fourth-order valence-corrected chi connectivity index (χ4v) is 10.2. The number of aliphatic carboxylic acids is 1. The summed E-state index contributed by atoms with van der Waals surface area (Å²) in [6.45, 7) is 10.2. The van der Waals surface area contributed by atoms with Crippen LogP contribution < -0.4 is 15.0 Å². The number of nitrogens with zero attached hydrogens (tertiary/aromatic N) is 3. The van der Waals surface area contributed by atoms with Gasteiger partial charge in [-0.3, -0.25) is 4.90 Å². The van der Waals surface area contributed by atoms with E-state index in [1.807, 2.05) is 31.1 Å². The van der Waals surface area contributed by atoms with Crippen molar-refractivity contribution in [1.82, 2.24) is 15.2 Å². The summed E-state index contributed by atoms with van der Waals surface area (Å²) in [6.07, 6.45) is 8.69. The lowest BCUT2D eigenvalue weighted by atomic mass is 9.48. The quantitative estimate of drug-likeness (QED) is 0.307. The summed E-state index contributed by atoms with van der Waals surface area (Å²) < 4.78 is 11.7. The molecule has 1 saturated heterocycles. The van der Waals surface area contributed by atoms with Crippen LogP contribution in [-0.2, 0) is 21.5 Å². The molecular formula is C38H54N4O5. The van der Waals surface area contributed by atoms with Gasteiger partial charge in [0.15, 0.2) is 0 Å². The molecule has 4 atom stereocenters. The van der Waals surface area contributed by atoms with Gasteiger partial charge in [0.2, 0.25) is 0 Å². The Morgan fingerprint density at radius 1 is 1.09 bits per heavy atom. The third-order valence-corrected chi connectivity index (χ3v) is 11.5. The molecule has 4 bridgehead atoms. The maximum atomic E-state index is 13.9. The highest BCUT2D eigenvalue weighted by Crippen LogP contribution is 2.61. The van der Waals surface area contributed by atoms with E-state index in [9.17, 15) is 14.7 Å². The summed E-state index contributed by atoms with van der Waals surface area (Å²) in [6, 6.07) is 8.38. The molecule has 4 aliphatic carbocycles. The van der Waals surface area contributed by atoms with E-state index >= 15 is 0 Å².